The van der Waals surface area contributed by atoms with Crippen molar-refractivity contribution >= 4 is 23.6 Å². The lowest BCUT2D eigenvalue weighted by atomic mass is 10.1. The van der Waals surface area contributed by atoms with Gasteiger partial charge in [0.15, 0.2) is 0 Å². The molecule has 1 saturated heterocycles. The van der Waals surface area contributed by atoms with Crippen LogP contribution in [0.3, 0.4) is 0 Å². The molecule has 1 unspecified atom stereocenters. The number of likely N-dealkylation sites (N-methyl/N-ethyl adjacent to an activating group) is 1. The van der Waals surface area contributed by atoms with Gasteiger partial charge in [0.05, 0.1) is 0 Å². The van der Waals surface area contributed by atoms with Gasteiger partial charge in [-0.05, 0) is 18.6 Å². The molecular formula is C10H17NO3S. The third-order valence-corrected chi connectivity index (χ3v) is 3.87. The summed E-state index contributed by atoms with van der Waals surface area (Å²) in [5.74, 6) is 0.111. The Morgan fingerprint density at radius 3 is 2.73 bits per heavy atom. The van der Waals surface area contributed by atoms with Crippen LogP contribution in [-0.4, -0.2) is 46.5 Å². The number of thioether (sulfide) groups is 1. The van der Waals surface area contributed by atoms with Crippen LogP contribution in [0, 0.1) is 0 Å². The van der Waals surface area contributed by atoms with Gasteiger partial charge in [0.2, 0.25) is 5.91 Å². The lowest BCUT2D eigenvalue weighted by Crippen LogP contribution is -2.33. The maximum Gasteiger partial charge on any atom is 0.323 e. The largest absolute Gasteiger partial charge is 0.480 e. The van der Waals surface area contributed by atoms with Crippen LogP contribution in [0.15, 0.2) is 0 Å². The minimum absolute atomic E-state index is 0.0585. The van der Waals surface area contributed by atoms with Crippen LogP contribution < -0.4 is 0 Å². The summed E-state index contributed by atoms with van der Waals surface area (Å²) in [6, 6.07) is 0. The van der Waals surface area contributed by atoms with Gasteiger partial charge >= 0.3 is 5.97 Å². The summed E-state index contributed by atoms with van der Waals surface area (Å²) in [5, 5.41) is 8.93. The number of carboxylic acids is 1. The van der Waals surface area contributed by atoms with Gasteiger partial charge in [-0.25, -0.2) is 0 Å². The summed E-state index contributed by atoms with van der Waals surface area (Å²) >= 11 is 1.83. The molecule has 1 fully saturated rings. The molecule has 0 spiro atoms. The topological polar surface area (TPSA) is 57.6 Å². The predicted molar refractivity (Wildman–Crippen MR) is 60.0 cm³/mol. The number of carbonyl (C=O) groups excluding carboxylic acids is 1. The summed E-state index contributed by atoms with van der Waals surface area (Å²) in [7, 11) is 1.55. The number of aliphatic carboxylic acids is 1. The normalized spacial score (nSPS) is 21.0. The zero-order valence-corrected chi connectivity index (χ0v) is 9.76. The SMILES string of the molecule is CN(CC(=O)O)C(=O)CC1CCCCS1. The second-order valence-electron chi connectivity index (χ2n) is 3.84. The van der Waals surface area contributed by atoms with Crippen molar-refractivity contribution in [3.05, 3.63) is 0 Å². The number of nitrogens with zero attached hydrogens (tertiary/aromatic N) is 1. The number of carboxylic acid groups (broad SMARTS) is 1. The number of hydrogen-bond acceptors (Lipinski definition) is 3. The highest BCUT2D eigenvalue weighted by Crippen LogP contribution is 2.27. The summed E-state index contributed by atoms with van der Waals surface area (Å²) in [6.45, 7) is -0.198. The Morgan fingerprint density at radius 1 is 1.47 bits per heavy atom. The molecule has 0 aromatic rings. The maximum atomic E-state index is 11.6. The van der Waals surface area contributed by atoms with Crippen molar-refractivity contribution in [3.8, 4) is 0 Å². The van der Waals surface area contributed by atoms with E-state index in [9.17, 15) is 9.59 Å². The van der Waals surface area contributed by atoms with Gasteiger partial charge in [0.25, 0.3) is 0 Å². The zero-order valence-electron chi connectivity index (χ0n) is 8.94. The Labute approximate surface area is 94.0 Å². The fraction of sp³-hybridized carbons (Fsp3) is 0.800. The zero-order chi connectivity index (χ0) is 11.3. The van der Waals surface area contributed by atoms with Crippen molar-refractivity contribution in [1.82, 2.24) is 4.90 Å². The molecule has 1 rings (SSSR count). The van der Waals surface area contributed by atoms with Crippen molar-refractivity contribution in [2.24, 2.45) is 0 Å². The molecule has 0 saturated carbocycles. The van der Waals surface area contributed by atoms with Gasteiger partial charge in [-0.15, -0.1) is 0 Å². The van der Waals surface area contributed by atoms with Gasteiger partial charge in [-0.2, -0.15) is 11.8 Å². The Morgan fingerprint density at radius 2 is 2.20 bits per heavy atom. The molecule has 1 atom stereocenters. The van der Waals surface area contributed by atoms with E-state index in [-0.39, 0.29) is 12.5 Å². The molecule has 0 aromatic carbocycles. The van der Waals surface area contributed by atoms with Crippen molar-refractivity contribution < 1.29 is 14.7 Å². The average Bonchev–Trinajstić information content (AvgIpc) is 2.18. The third kappa shape index (κ3) is 4.55. The highest BCUT2D eigenvalue weighted by molar-refractivity contribution is 7.99. The molecule has 1 amide bonds. The summed E-state index contributed by atoms with van der Waals surface area (Å²) < 4.78 is 0. The van der Waals surface area contributed by atoms with Gasteiger partial charge < -0.3 is 10.0 Å². The first kappa shape index (κ1) is 12.4. The van der Waals surface area contributed by atoms with E-state index in [4.69, 9.17) is 5.11 Å². The van der Waals surface area contributed by atoms with Crippen LogP contribution >= 0.6 is 11.8 Å². The Bertz CT molecular complexity index is 239. The van der Waals surface area contributed by atoms with E-state index in [0.29, 0.717) is 11.7 Å². The fourth-order valence-electron chi connectivity index (χ4n) is 1.61. The van der Waals surface area contributed by atoms with Crippen LogP contribution in [-0.2, 0) is 9.59 Å². The van der Waals surface area contributed by atoms with Crippen molar-refractivity contribution in [2.75, 3.05) is 19.3 Å². The van der Waals surface area contributed by atoms with Crippen LogP contribution in [0.2, 0.25) is 0 Å². The van der Waals surface area contributed by atoms with E-state index in [1.165, 1.54) is 17.7 Å². The summed E-state index contributed by atoms with van der Waals surface area (Å²) in [6.07, 6.45) is 3.99. The fourth-order valence-corrected chi connectivity index (χ4v) is 2.91. The average molecular weight is 231 g/mol. The molecular weight excluding hydrogens is 214 g/mol. The molecule has 86 valence electrons. The standard InChI is InChI=1S/C10H17NO3S/c1-11(7-10(13)14)9(12)6-8-4-2-3-5-15-8/h8H,2-7H2,1H3,(H,13,14). The Kier molecular flexibility index (Phi) is 4.94. The third-order valence-electron chi connectivity index (χ3n) is 2.47. The minimum Gasteiger partial charge on any atom is -0.480 e. The lowest BCUT2D eigenvalue weighted by molar-refractivity contribution is -0.143. The number of amides is 1. The molecule has 15 heavy (non-hydrogen) atoms. The molecule has 1 aliphatic rings. The molecule has 0 aromatic heterocycles. The van der Waals surface area contributed by atoms with E-state index in [1.807, 2.05) is 11.8 Å². The first-order valence-corrected chi connectivity index (χ1v) is 6.22. The van der Waals surface area contributed by atoms with Gasteiger partial charge in [-0.3, -0.25) is 9.59 Å². The molecule has 0 bridgehead atoms. The molecule has 1 aliphatic heterocycles. The minimum atomic E-state index is -0.956. The van der Waals surface area contributed by atoms with E-state index in [2.05, 4.69) is 0 Å². The molecule has 1 heterocycles. The van der Waals surface area contributed by atoms with Crippen LogP contribution in [0.4, 0.5) is 0 Å². The first-order chi connectivity index (χ1) is 7.09. The quantitative estimate of drug-likeness (QED) is 0.790. The van der Waals surface area contributed by atoms with Gasteiger partial charge in [0, 0.05) is 18.7 Å². The maximum absolute atomic E-state index is 11.6. The van der Waals surface area contributed by atoms with Gasteiger partial charge in [-0.1, -0.05) is 6.42 Å². The smallest absolute Gasteiger partial charge is 0.323 e. The second-order valence-corrected chi connectivity index (χ2v) is 5.24. The van der Waals surface area contributed by atoms with Crippen LogP contribution in [0.1, 0.15) is 25.7 Å². The summed E-state index contributed by atoms with van der Waals surface area (Å²) in [4.78, 5) is 23.3. The second kappa shape index (κ2) is 6.00. The van der Waals surface area contributed by atoms with Crippen molar-refractivity contribution in [1.29, 1.82) is 0 Å². The lowest BCUT2D eigenvalue weighted by Gasteiger charge is -2.23. The van der Waals surface area contributed by atoms with E-state index >= 15 is 0 Å². The van der Waals surface area contributed by atoms with E-state index in [1.54, 1.807) is 7.05 Å². The Balaban J connectivity index is 2.30. The number of hydrogen-bond donors (Lipinski definition) is 1. The number of rotatable bonds is 4. The first-order valence-electron chi connectivity index (χ1n) is 5.17. The molecule has 1 N–H and O–H groups in total. The monoisotopic (exact) mass is 231 g/mol. The number of carbonyl (C=O) groups is 2. The molecule has 0 radical (unpaired) electrons. The predicted octanol–water partition coefficient (Wildman–Crippen LogP) is 1.21. The molecule has 0 aliphatic carbocycles. The molecule has 4 nitrogen and oxygen atoms in total. The van der Waals surface area contributed by atoms with Gasteiger partial charge in [0.1, 0.15) is 6.54 Å². The highest BCUT2D eigenvalue weighted by atomic mass is 32.2. The highest BCUT2D eigenvalue weighted by Gasteiger charge is 2.20. The summed E-state index contributed by atoms with van der Waals surface area (Å²) in [5.41, 5.74) is 0. The van der Waals surface area contributed by atoms with E-state index < -0.39 is 5.97 Å². The van der Waals surface area contributed by atoms with Crippen molar-refractivity contribution in [3.63, 3.8) is 0 Å². The molecule has 5 heteroatoms. The Hall–Kier alpha value is -0.710. The van der Waals surface area contributed by atoms with Crippen LogP contribution in [0.5, 0.6) is 0 Å². The van der Waals surface area contributed by atoms with E-state index in [0.717, 1.165) is 12.2 Å². The van der Waals surface area contributed by atoms with Crippen LogP contribution in [0.25, 0.3) is 0 Å². The van der Waals surface area contributed by atoms with Crippen molar-refractivity contribution in [2.45, 2.75) is 30.9 Å².